The second-order valence-corrected chi connectivity index (χ2v) is 6.35. The molecule has 0 bridgehead atoms. The molecule has 1 aromatic heterocycles. The second kappa shape index (κ2) is 8.75. The largest absolute Gasteiger partial charge is 0.497 e. The number of nitrogens with zero attached hydrogens (tertiary/aromatic N) is 3. The molecule has 28 heavy (non-hydrogen) atoms. The Bertz CT molecular complexity index is 858. The summed E-state index contributed by atoms with van der Waals surface area (Å²) in [6.45, 7) is 3.93. The number of nitrogens with one attached hydrogen (secondary N) is 1. The molecule has 0 radical (unpaired) electrons. The summed E-state index contributed by atoms with van der Waals surface area (Å²) >= 11 is 0. The van der Waals surface area contributed by atoms with Gasteiger partial charge in [0.05, 0.1) is 33.1 Å². The van der Waals surface area contributed by atoms with Crippen molar-refractivity contribution in [3.05, 3.63) is 35.7 Å². The zero-order valence-corrected chi connectivity index (χ0v) is 16.2. The second-order valence-electron chi connectivity index (χ2n) is 6.35. The standard InChI is InChI=1S/C19H24N4O5/c1-13-10-16(19(25)22-6-8-28-9-7-22)21-23(13)12-18(24)20-15-5-4-14(26-2)11-17(15)27-3/h4-5,10-11H,6-9,12H2,1-3H3,(H,20,24). The van der Waals surface area contributed by atoms with Crippen molar-refractivity contribution in [2.24, 2.45) is 0 Å². The Morgan fingerprint density at radius 3 is 2.61 bits per heavy atom. The third kappa shape index (κ3) is 4.42. The summed E-state index contributed by atoms with van der Waals surface area (Å²) in [6.07, 6.45) is 0. The van der Waals surface area contributed by atoms with Gasteiger partial charge < -0.3 is 24.4 Å². The lowest BCUT2D eigenvalue weighted by atomic mass is 10.2. The number of methoxy groups -OCH3 is 2. The van der Waals surface area contributed by atoms with E-state index in [0.717, 1.165) is 5.69 Å². The van der Waals surface area contributed by atoms with Crippen LogP contribution in [0.2, 0.25) is 0 Å². The molecule has 0 atom stereocenters. The third-order valence-electron chi connectivity index (χ3n) is 4.47. The Labute approximate surface area is 163 Å². The van der Waals surface area contributed by atoms with E-state index >= 15 is 0 Å². The number of rotatable bonds is 6. The molecule has 1 saturated heterocycles. The molecular formula is C19H24N4O5. The summed E-state index contributed by atoms with van der Waals surface area (Å²) in [7, 11) is 3.08. The van der Waals surface area contributed by atoms with Crippen LogP contribution in [0.5, 0.6) is 11.5 Å². The van der Waals surface area contributed by atoms with Crippen molar-refractivity contribution < 1.29 is 23.8 Å². The number of carbonyl (C=O) groups is 2. The van der Waals surface area contributed by atoms with Crippen LogP contribution in [-0.2, 0) is 16.1 Å². The van der Waals surface area contributed by atoms with Crippen LogP contribution < -0.4 is 14.8 Å². The van der Waals surface area contributed by atoms with Crippen molar-refractivity contribution >= 4 is 17.5 Å². The van der Waals surface area contributed by atoms with Crippen LogP contribution in [0.4, 0.5) is 5.69 Å². The minimum Gasteiger partial charge on any atom is -0.497 e. The van der Waals surface area contributed by atoms with Gasteiger partial charge in [-0.05, 0) is 25.1 Å². The summed E-state index contributed by atoms with van der Waals surface area (Å²) in [4.78, 5) is 26.7. The molecule has 0 saturated carbocycles. The fraction of sp³-hybridized carbons (Fsp3) is 0.421. The molecule has 0 aliphatic carbocycles. The number of morpholine rings is 1. The summed E-state index contributed by atoms with van der Waals surface area (Å²) in [5.41, 5.74) is 1.59. The van der Waals surface area contributed by atoms with E-state index in [2.05, 4.69) is 10.4 Å². The van der Waals surface area contributed by atoms with E-state index in [-0.39, 0.29) is 18.4 Å². The first-order chi connectivity index (χ1) is 13.5. The number of ether oxygens (including phenoxy) is 3. The number of hydrogen-bond acceptors (Lipinski definition) is 6. The Morgan fingerprint density at radius 1 is 1.18 bits per heavy atom. The fourth-order valence-corrected chi connectivity index (χ4v) is 2.93. The molecule has 1 N–H and O–H groups in total. The number of amides is 2. The van der Waals surface area contributed by atoms with Gasteiger partial charge in [0.1, 0.15) is 18.0 Å². The highest BCUT2D eigenvalue weighted by Gasteiger charge is 2.22. The first-order valence-corrected chi connectivity index (χ1v) is 8.95. The number of hydrogen-bond donors (Lipinski definition) is 1. The van der Waals surface area contributed by atoms with E-state index < -0.39 is 0 Å². The smallest absolute Gasteiger partial charge is 0.274 e. The molecule has 9 heteroatoms. The van der Waals surface area contributed by atoms with E-state index in [0.29, 0.717) is 49.2 Å². The molecule has 150 valence electrons. The molecule has 2 aromatic rings. The van der Waals surface area contributed by atoms with Crippen LogP contribution in [-0.4, -0.2) is 67.0 Å². The molecule has 1 aliphatic heterocycles. The quantitative estimate of drug-likeness (QED) is 0.802. The van der Waals surface area contributed by atoms with E-state index in [1.807, 2.05) is 6.92 Å². The number of anilines is 1. The Morgan fingerprint density at radius 2 is 1.93 bits per heavy atom. The van der Waals surface area contributed by atoms with Gasteiger partial charge >= 0.3 is 0 Å². The molecule has 3 rings (SSSR count). The minimum absolute atomic E-state index is 0.0165. The molecule has 0 unspecified atom stereocenters. The minimum atomic E-state index is -0.278. The van der Waals surface area contributed by atoms with Crippen molar-refractivity contribution in [2.75, 3.05) is 45.8 Å². The maximum absolute atomic E-state index is 12.6. The van der Waals surface area contributed by atoms with Gasteiger partial charge in [-0.1, -0.05) is 0 Å². The van der Waals surface area contributed by atoms with Crippen LogP contribution in [0.25, 0.3) is 0 Å². The van der Waals surface area contributed by atoms with Gasteiger partial charge in [-0.3, -0.25) is 14.3 Å². The highest BCUT2D eigenvalue weighted by Crippen LogP contribution is 2.29. The Balaban J connectivity index is 1.67. The van der Waals surface area contributed by atoms with Crippen molar-refractivity contribution in [3.63, 3.8) is 0 Å². The summed E-state index contributed by atoms with van der Waals surface area (Å²) in [6, 6.07) is 6.82. The van der Waals surface area contributed by atoms with Crippen LogP contribution in [0.1, 0.15) is 16.2 Å². The maximum atomic E-state index is 12.6. The normalized spacial score (nSPS) is 13.9. The van der Waals surface area contributed by atoms with E-state index in [1.54, 1.807) is 36.3 Å². The van der Waals surface area contributed by atoms with Gasteiger partial charge in [0, 0.05) is 24.8 Å². The number of aryl methyl sites for hydroxylation is 1. The summed E-state index contributed by atoms with van der Waals surface area (Å²) in [5, 5.41) is 7.11. The molecule has 1 fully saturated rings. The van der Waals surface area contributed by atoms with Crippen LogP contribution >= 0.6 is 0 Å². The van der Waals surface area contributed by atoms with Crippen molar-refractivity contribution in [3.8, 4) is 11.5 Å². The van der Waals surface area contributed by atoms with Gasteiger partial charge in [0.2, 0.25) is 5.91 Å². The molecule has 2 amide bonds. The fourth-order valence-electron chi connectivity index (χ4n) is 2.93. The van der Waals surface area contributed by atoms with Gasteiger partial charge in [-0.2, -0.15) is 5.10 Å². The van der Waals surface area contributed by atoms with Crippen molar-refractivity contribution in [1.29, 1.82) is 0 Å². The predicted octanol–water partition coefficient (Wildman–Crippen LogP) is 1.32. The topological polar surface area (TPSA) is 94.9 Å². The zero-order valence-electron chi connectivity index (χ0n) is 16.2. The zero-order chi connectivity index (χ0) is 20.1. The highest BCUT2D eigenvalue weighted by molar-refractivity contribution is 5.93. The number of benzene rings is 1. The lowest BCUT2D eigenvalue weighted by molar-refractivity contribution is -0.117. The summed E-state index contributed by atoms with van der Waals surface area (Å²) in [5.74, 6) is 0.694. The SMILES string of the molecule is COc1ccc(NC(=O)Cn2nc(C(=O)N3CCOCC3)cc2C)c(OC)c1. The molecule has 0 spiro atoms. The molecule has 1 aliphatic rings. The highest BCUT2D eigenvalue weighted by atomic mass is 16.5. The van der Waals surface area contributed by atoms with Gasteiger partial charge in [-0.25, -0.2) is 0 Å². The van der Waals surface area contributed by atoms with Crippen molar-refractivity contribution in [2.45, 2.75) is 13.5 Å². The van der Waals surface area contributed by atoms with Gasteiger partial charge in [0.25, 0.3) is 5.91 Å². The van der Waals surface area contributed by atoms with Gasteiger partial charge in [0.15, 0.2) is 5.69 Å². The Hall–Kier alpha value is -3.07. The van der Waals surface area contributed by atoms with E-state index in [1.165, 1.54) is 11.8 Å². The number of aromatic nitrogens is 2. The lowest BCUT2D eigenvalue weighted by Crippen LogP contribution is -2.40. The molecule has 9 nitrogen and oxygen atoms in total. The van der Waals surface area contributed by atoms with Gasteiger partial charge in [-0.15, -0.1) is 0 Å². The lowest BCUT2D eigenvalue weighted by Gasteiger charge is -2.25. The van der Waals surface area contributed by atoms with Crippen LogP contribution in [0.15, 0.2) is 24.3 Å². The molecule has 2 heterocycles. The van der Waals surface area contributed by atoms with Crippen LogP contribution in [0, 0.1) is 6.92 Å². The average Bonchev–Trinajstić information content (AvgIpc) is 3.08. The van der Waals surface area contributed by atoms with Crippen LogP contribution in [0.3, 0.4) is 0 Å². The van der Waals surface area contributed by atoms with E-state index in [4.69, 9.17) is 14.2 Å². The monoisotopic (exact) mass is 388 g/mol. The summed E-state index contributed by atoms with van der Waals surface area (Å²) < 4.78 is 17.2. The van der Waals surface area contributed by atoms with E-state index in [9.17, 15) is 9.59 Å². The average molecular weight is 388 g/mol. The predicted molar refractivity (Wildman–Crippen MR) is 102 cm³/mol. The first kappa shape index (κ1) is 19.7. The maximum Gasteiger partial charge on any atom is 0.274 e. The third-order valence-corrected chi connectivity index (χ3v) is 4.47. The number of carbonyl (C=O) groups excluding carboxylic acids is 2. The molecular weight excluding hydrogens is 364 g/mol. The Kier molecular flexibility index (Phi) is 6.15. The first-order valence-electron chi connectivity index (χ1n) is 8.95. The molecule has 1 aromatic carbocycles. The van der Waals surface area contributed by atoms with Crippen molar-refractivity contribution in [1.82, 2.24) is 14.7 Å².